The summed E-state index contributed by atoms with van der Waals surface area (Å²) in [6.07, 6.45) is 5.00. The van der Waals surface area contributed by atoms with Gasteiger partial charge in [0.15, 0.2) is 5.82 Å². The van der Waals surface area contributed by atoms with Gasteiger partial charge in [0.25, 0.3) is 11.1 Å². The van der Waals surface area contributed by atoms with Crippen molar-refractivity contribution in [3.8, 4) is 10.9 Å². The zero-order chi connectivity index (χ0) is 26.3. The first-order valence-corrected chi connectivity index (χ1v) is 13.7. The molecule has 2 heterocycles. The van der Waals surface area contributed by atoms with Gasteiger partial charge in [0.1, 0.15) is 5.75 Å². The number of carbonyl (C=O) groups is 1. The lowest BCUT2D eigenvalue weighted by atomic mass is 10.1. The molecule has 0 unspecified atom stereocenters. The smallest absolute Gasteiger partial charge is 0.298 e. The number of benzene rings is 3. The van der Waals surface area contributed by atoms with Crippen molar-refractivity contribution in [2.24, 2.45) is 0 Å². The molecule has 0 radical (unpaired) electrons. The Balaban J connectivity index is 1.16. The van der Waals surface area contributed by atoms with E-state index in [1.54, 1.807) is 0 Å². The van der Waals surface area contributed by atoms with Gasteiger partial charge in [-0.25, -0.2) is 0 Å². The van der Waals surface area contributed by atoms with Crippen LogP contribution in [0.25, 0.3) is 6.08 Å². The molecule has 1 aliphatic rings. The van der Waals surface area contributed by atoms with Gasteiger partial charge in [-0.2, -0.15) is 9.36 Å². The van der Waals surface area contributed by atoms with Crippen molar-refractivity contribution in [1.29, 1.82) is 0 Å². The van der Waals surface area contributed by atoms with Crippen LogP contribution in [0, 0.1) is 13.8 Å². The van der Waals surface area contributed by atoms with Crippen molar-refractivity contribution < 1.29 is 9.53 Å². The van der Waals surface area contributed by atoms with E-state index in [1.165, 1.54) is 22.7 Å². The van der Waals surface area contributed by atoms with E-state index in [2.05, 4.69) is 69.7 Å². The van der Waals surface area contributed by atoms with Crippen LogP contribution < -0.4 is 4.74 Å². The number of hydrogen-bond acceptors (Lipinski definition) is 6. The molecule has 5 rings (SSSR count). The highest BCUT2D eigenvalue weighted by Gasteiger charge is 2.22. The van der Waals surface area contributed by atoms with E-state index in [0.29, 0.717) is 36.0 Å². The first-order valence-electron chi connectivity index (χ1n) is 12.9. The predicted octanol–water partition coefficient (Wildman–Crippen LogP) is 6.01. The minimum absolute atomic E-state index is 0.0339. The number of rotatable bonds is 8. The van der Waals surface area contributed by atoms with Gasteiger partial charge in [0, 0.05) is 56.2 Å². The minimum Gasteiger partial charge on any atom is -0.430 e. The Morgan fingerprint density at radius 1 is 0.974 bits per heavy atom. The predicted molar refractivity (Wildman–Crippen MR) is 153 cm³/mol. The number of piperazine rings is 1. The van der Waals surface area contributed by atoms with E-state index < -0.39 is 0 Å². The first-order chi connectivity index (χ1) is 18.5. The Morgan fingerprint density at radius 3 is 2.50 bits per heavy atom. The van der Waals surface area contributed by atoms with E-state index in [-0.39, 0.29) is 5.91 Å². The van der Waals surface area contributed by atoms with Gasteiger partial charge in [-0.15, -0.1) is 0 Å². The molecule has 6 nitrogen and oxygen atoms in total. The molecule has 3 aromatic carbocycles. The number of aromatic nitrogens is 2. The molecule has 0 saturated carbocycles. The summed E-state index contributed by atoms with van der Waals surface area (Å²) >= 11 is 1.23. The molecule has 1 saturated heterocycles. The number of hydrogen-bond donors (Lipinski definition) is 0. The van der Waals surface area contributed by atoms with Gasteiger partial charge in [-0.1, -0.05) is 78.4 Å². The standard InChI is InChI=1S/C31H32N4O2S/c1-23-10-13-26(14-11-23)21-29-32-31(38-33-29)37-28-22-27(15-12-24(28)2)30(36)35-19-17-34(18-20-35)16-6-9-25-7-4-3-5-8-25/h3-15,22H,16-21H2,1-2H3. The van der Waals surface area contributed by atoms with Crippen molar-refractivity contribution in [1.82, 2.24) is 19.2 Å². The number of nitrogens with zero attached hydrogens (tertiary/aromatic N) is 4. The van der Waals surface area contributed by atoms with Crippen molar-refractivity contribution in [3.63, 3.8) is 0 Å². The van der Waals surface area contributed by atoms with E-state index >= 15 is 0 Å². The highest BCUT2D eigenvalue weighted by Crippen LogP contribution is 2.28. The highest BCUT2D eigenvalue weighted by molar-refractivity contribution is 7.07. The lowest BCUT2D eigenvalue weighted by molar-refractivity contribution is 0.0650. The number of ether oxygens (including phenoxy) is 1. The molecule has 1 fully saturated rings. The maximum absolute atomic E-state index is 13.3. The fourth-order valence-corrected chi connectivity index (χ4v) is 4.96. The Kier molecular flexibility index (Phi) is 8.26. The summed E-state index contributed by atoms with van der Waals surface area (Å²) in [7, 11) is 0. The lowest BCUT2D eigenvalue weighted by Gasteiger charge is -2.34. The zero-order valence-electron chi connectivity index (χ0n) is 21.8. The fourth-order valence-electron chi connectivity index (χ4n) is 4.39. The maximum Gasteiger partial charge on any atom is 0.298 e. The SMILES string of the molecule is Cc1ccc(Cc2nsc(Oc3cc(C(=O)N4CCN(CC=Cc5ccccc5)CC4)ccc3C)n2)cc1. The molecule has 0 atom stereocenters. The van der Waals surface area contributed by atoms with Crippen molar-refractivity contribution in [2.75, 3.05) is 32.7 Å². The van der Waals surface area contributed by atoms with Crippen LogP contribution in [0.15, 0.2) is 78.9 Å². The van der Waals surface area contributed by atoms with Crippen LogP contribution >= 0.6 is 11.5 Å². The molecule has 1 amide bonds. The van der Waals surface area contributed by atoms with Gasteiger partial charge < -0.3 is 9.64 Å². The summed E-state index contributed by atoms with van der Waals surface area (Å²) in [6, 6.07) is 24.3. The molecule has 0 aliphatic carbocycles. The van der Waals surface area contributed by atoms with Crippen molar-refractivity contribution >= 4 is 23.5 Å². The third-order valence-electron chi connectivity index (χ3n) is 6.70. The number of amides is 1. The van der Waals surface area contributed by atoms with Crippen molar-refractivity contribution in [2.45, 2.75) is 20.3 Å². The van der Waals surface area contributed by atoms with E-state index in [9.17, 15) is 4.79 Å². The number of carbonyl (C=O) groups excluding carboxylic acids is 1. The summed E-state index contributed by atoms with van der Waals surface area (Å²) in [5.74, 6) is 1.40. The van der Waals surface area contributed by atoms with Crippen LogP contribution in [0.3, 0.4) is 0 Å². The average Bonchev–Trinajstić information content (AvgIpc) is 3.38. The van der Waals surface area contributed by atoms with Crippen LogP contribution in [-0.4, -0.2) is 57.8 Å². The summed E-state index contributed by atoms with van der Waals surface area (Å²) in [5, 5.41) is 0.483. The van der Waals surface area contributed by atoms with Gasteiger partial charge in [0.2, 0.25) is 0 Å². The van der Waals surface area contributed by atoms with Crippen molar-refractivity contribution in [3.05, 3.63) is 113 Å². The molecule has 0 bridgehead atoms. The highest BCUT2D eigenvalue weighted by atomic mass is 32.1. The largest absolute Gasteiger partial charge is 0.430 e. The van der Waals surface area contributed by atoms with Crippen LogP contribution in [0.1, 0.15) is 38.4 Å². The topological polar surface area (TPSA) is 58.6 Å². The average molecular weight is 525 g/mol. The molecule has 38 heavy (non-hydrogen) atoms. The molecule has 0 spiro atoms. The summed E-state index contributed by atoms with van der Waals surface area (Å²) in [6.45, 7) is 8.06. The summed E-state index contributed by atoms with van der Waals surface area (Å²) in [4.78, 5) is 22.1. The fraction of sp³-hybridized carbons (Fsp3) is 0.258. The Labute approximate surface area is 228 Å². The second-order valence-electron chi connectivity index (χ2n) is 9.63. The Hall–Kier alpha value is -3.81. The third-order valence-corrected chi connectivity index (χ3v) is 7.33. The van der Waals surface area contributed by atoms with E-state index in [1.807, 2.05) is 48.2 Å². The molecule has 4 aromatic rings. The van der Waals surface area contributed by atoms with Gasteiger partial charge in [0.05, 0.1) is 0 Å². The van der Waals surface area contributed by atoms with E-state index in [4.69, 9.17) is 4.74 Å². The molecular formula is C31H32N4O2S. The molecule has 194 valence electrons. The maximum atomic E-state index is 13.3. The lowest BCUT2D eigenvalue weighted by Crippen LogP contribution is -2.48. The minimum atomic E-state index is 0.0339. The molecule has 1 aromatic heterocycles. The second-order valence-corrected chi connectivity index (χ2v) is 10.3. The monoisotopic (exact) mass is 524 g/mol. The van der Waals surface area contributed by atoms with Gasteiger partial charge in [-0.3, -0.25) is 9.69 Å². The number of aryl methyl sites for hydroxylation is 2. The van der Waals surface area contributed by atoms with Gasteiger partial charge in [-0.05, 0) is 42.7 Å². The van der Waals surface area contributed by atoms with Crippen LogP contribution in [-0.2, 0) is 6.42 Å². The van der Waals surface area contributed by atoms with Gasteiger partial charge >= 0.3 is 0 Å². The first kappa shape index (κ1) is 25.8. The van der Waals surface area contributed by atoms with Crippen LogP contribution in [0.2, 0.25) is 0 Å². The summed E-state index contributed by atoms with van der Waals surface area (Å²) < 4.78 is 10.5. The Morgan fingerprint density at radius 2 is 1.74 bits per heavy atom. The molecule has 1 aliphatic heterocycles. The Bertz CT molecular complexity index is 1390. The molecule has 0 N–H and O–H groups in total. The normalized spacial score (nSPS) is 14.2. The quantitative estimate of drug-likeness (QED) is 0.283. The molecule has 7 heteroatoms. The zero-order valence-corrected chi connectivity index (χ0v) is 22.7. The van der Waals surface area contributed by atoms with Crippen LogP contribution in [0.4, 0.5) is 0 Å². The van der Waals surface area contributed by atoms with Crippen LogP contribution in [0.5, 0.6) is 10.9 Å². The summed E-state index contributed by atoms with van der Waals surface area (Å²) in [5.41, 5.74) is 5.18. The second kappa shape index (κ2) is 12.2. The third kappa shape index (κ3) is 6.73. The molecular weight excluding hydrogens is 492 g/mol. The van der Waals surface area contributed by atoms with E-state index in [0.717, 1.165) is 36.6 Å².